The van der Waals surface area contributed by atoms with Crippen LogP contribution in [-0.2, 0) is 29.1 Å². The molecule has 4 bridgehead atoms. The number of carbonyl (C=O) groups excluding carboxylic acids is 1. The minimum atomic E-state index is -5.89. The summed E-state index contributed by atoms with van der Waals surface area (Å²) in [6, 6.07) is 0. The molecule has 0 aromatic carbocycles. The Morgan fingerprint density at radius 1 is 1.23 bits per heavy atom. The Morgan fingerprint density at radius 3 is 2.23 bits per heavy atom. The highest BCUT2D eigenvalue weighted by Crippen LogP contribution is 2.62. The molecule has 3 atom stereocenters. The highest BCUT2D eigenvalue weighted by Gasteiger charge is 2.65. The van der Waals surface area contributed by atoms with E-state index in [1.54, 1.807) is 13.8 Å². The standard InChI is InChI=1S/C16H24F2O7S/c1-9(23-3)24-15-6-10-4-11(7-15)14(2,12(5-10)8-15)25-13(19)16(17,18)26(20,21)22/h9-12H,4-8H2,1-3H3,(H,20,21,22). The van der Waals surface area contributed by atoms with Crippen LogP contribution in [0.2, 0.25) is 0 Å². The van der Waals surface area contributed by atoms with Gasteiger partial charge in [0.2, 0.25) is 0 Å². The number of alkyl halides is 2. The van der Waals surface area contributed by atoms with Crippen molar-refractivity contribution in [3.63, 3.8) is 0 Å². The van der Waals surface area contributed by atoms with Crippen molar-refractivity contribution in [3.05, 3.63) is 0 Å². The minimum absolute atomic E-state index is 0.223. The lowest BCUT2D eigenvalue weighted by Crippen LogP contribution is -2.65. The quantitative estimate of drug-likeness (QED) is 0.416. The van der Waals surface area contributed by atoms with Gasteiger partial charge in [-0.1, -0.05) is 0 Å². The average molecular weight is 398 g/mol. The Labute approximate surface area is 151 Å². The van der Waals surface area contributed by atoms with E-state index in [4.69, 9.17) is 18.8 Å². The number of hydrogen-bond acceptors (Lipinski definition) is 6. The van der Waals surface area contributed by atoms with Crippen molar-refractivity contribution in [2.75, 3.05) is 7.11 Å². The summed E-state index contributed by atoms with van der Waals surface area (Å²) in [5, 5.41) is -4.98. The summed E-state index contributed by atoms with van der Waals surface area (Å²) < 4.78 is 73.9. The van der Waals surface area contributed by atoms with Crippen LogP contribution in [0.5, 0.6) is 0 Å². The van der Waals surface area contributed by atoms with Crippen LogP contribution in [0.25, 0.3) is 0 Å². The molecular formula is C16H24F2O7S. The number of halogens is 2. The van der Waals surface area contributed by atoms with Crippen molar-refractivity contribution >= 4 is 16.1 Å². The van der Waals surface area contributed by atoms with Crippen molar-refractivity contribution in [3.8, 4) is 0 Å². The Hall–Kier alpha value is -0.840. The summed E-state index contributed by atoms with van der Waals surface area (Å²) in [4.78, 5) is 11.9. The molecule has 0 spiro atoms. The van der Waals surface area contributed by atoms with Gasteiger partial charge in [-0.05, 0) is 51.9 Å². The van der Waals surface area contributed by atoms with E-state index in [9.17, 15) is 22.0 Å². The lowest BCUT2D eigenvalue weighted by molar-refractivity contribution is -0.285. The molecule has 0 saturated heterocycles. The second-order valence-electron chi connectivity index (χ2n) is 8.01. The van der Waals surface area contributed by atoms with Crippen molar-refractivity contribution in [2.45, 2.75) is 68.7 Å². The van der Waals surface area contributed by atoms with Gasteiger partial charge < -0.3 is 14.2 Å². The number of hydrogen-bond donors (Lipinski definition) is 1. The van der Waals surface area contributed by atoms with E-state index in [1.807, 2.05) is 0 Å². The Balaban J connectivity index is 1.82. The molecule has 3 unspecified atom stereocenters. The van der Waals surface area contributed by atoms with Crippen LogP contribution in [-0.4, -0.2) is 48.8 Å². The summed E-state index contributed by atoms with van der Waals surface area (Å²) in [5.41, 5.74) is -1.66. The van der Waals surface area contributed by atoms with Crippen molar-refractivity contribution in [1.82, 2.24) is 0 Å². The lowest BCUT2D eigenvalue weighted by atomic mass is 9.48. The molecular weight excluding hydrogens is 374 g/mol. The maximum absolute atomic E-state index is 13.7. The molecule has 0 heterocycles. The fraction of sp³-hybridized carbons (Fsp3) is 0.938. The molecule has 26 heavy (non-hydrogen) atoms. The molecule has 0 aromatic heterocycles. The van der Waals surface area contributed by atoms with Crippen molar-refractivity contribution < 1.29 is 40.8 Å². The third-order valence-electron chi connectivity index (χ3n) is 6.38. The molecule has 7 nitrogen and oxygen atoms in total. The molecule has 0 aliphatic heterocycles. The van der Waals surface area contributed by atoms with Crippen LogP contribution < -0.4 is 0 Å². The number of rotatable bonds is 6. The summed E-state index contributed by atoms with van der Waals surface area (Å²) in [5.74, 6) is -2.33. The first-order valence-corrected chi connectivity index (χ1v) is 10.1. The fourth-order valence-electron chi connectivity index (χ4n) is 5.19. The zero-order valence-electron chi connectivity index (χ0n) is 14.9. The molecule has 0 aromatic rings. The van der Waals surface area contributed by atoms with Gasteiger partial charge in [0, 0.05) is 18.9 Å². The smallest absolute Gasteiger partial charge is 0.453 e. The minimum Gasteiger partial charge on any atom is -0.453 e. The monoisotopic (exact) mass is 398 g/mol. The molecule has 4 saturated carbocycles. The zero-order valence-corrected chi connectivity index (χ0v) is 15.7. The molecule has 1 N–H and O–H groups in total. The van der Waals surface area contributed by atoms with Gasteiger partial charge in [-0.15, -0.1) is 0 Å². The largest absolute Gasteiger partial charge is 0.465 e. The molecule has 4 fully saturated rings. The summed E-state index contributed by atoms with van der Waals surface area (Å²) >= 11 is 0. The van der Waals surface area contributed by atoms with E-state index in [0.717, 1.165) is 6.42 Å². The Bertz CT molecular complexity index is 677. The van der Waals surface area contributed by atoms with Crippen LogP contribution in [0, 0.1) is 17.8 Å². The van der Waals surface area contributed by atoms with E-state index in [1.165, 1.54) is 7.11 Å². The van der Waals surface area contributed by atoms with Gasteiger partial charge >= 0.3 is 21.3 Å². The molecule has 10 heteroatoms. The Morgan fingerprint density at radius 2 is 1.77 bits per heavy atom. The lowest BCUT2D eigenvalue weighted by Gasteiger charge is -2.63. The SMILES string of the molecule is COC(C)OC12CC3CC(C1)C(C)(OC(=O)C(F)(F)S(=O)(=O)O)C(C3)C2. The number of esters is 1. The fourth-order valence-corrected chi connectivity index (χ4v) is 5.44. The first kappa shape index (κ1) is 19.9. The third kappa shape index (κ3) is 3.04. The predicted octanol–water partition coefficient (Wildman–Crippen LogP) is 2.36. The van der Waals surface area contributed by atoms with Crippen LogP contribution in [0.1, 0.15) is 46.0 Å². The molecule has 0 amide bonds. The summed E-state index contributed by atoms with van der Waals surface area (Å²) in [6.45, 7) is 3.36. The van der Waals surface area contributed by atoms with Crippen molar-refractivity contribution in [2.24, 2.45) is 17.8 Å². The topological polar surface area (TPSA) is 99.1 Å². The van der Waals surface area contributed by atoms with Gasteiger partial charge in [-0.2, -0.15) is 17.2 Å². The van der Waals surface area contributed by atoms with Gasteiger partial charge in [0.05, 0.1) is 5.60 Å². The van der Waals surface area contributed by atoms with Gasteiger partial charge in [-0.3, -0.25) is 4.55 Å². The molecule has 4 rings (SSSR count). The van der Waals surface area contributed by atoms with Gasteiger partial charge in [0.1, 0.15) is 5.60 Å². The van der Waals surface area contributed by atoms with E-state index >= 15 is 0 Å². The van der Waals surface area contributed by atoms with Crippen LogP contribution in [0.15, 0.2) is 0 Å². The maximum atomic E-state index is 13.7. The number of methoxy groups -OCH3 is 1. The van der Waals surface area contributed by atoms with E-state index in [2.05, 4.69) is 0 Å². The van der Waals surface area contributed by atoms with E-state index in [-0.39, 0.29) is 11.8 Å². The normalized spacial score (nSPS) is 40.5. The Kier molecular flexibility index (Phi) is 4.66. The number of ether oxygens (including phenoxy) is 3. The highest BCUT2D eigenvalue weighted by molar-refractivity contribution is 7.87. The predicted molar refractivity (Wildman–Crippen MR) is 84.8 cm³/mol. The summed E-state index contributed by atoms with van der Waals surface area (Å²) in [6.07, 6.45) is 2.88. The molecule has 4 aliphatic rings. The maximum Gasteiger partial charge on any atom is 0.465 e. The molecule has 0 radical (unpaired) electrons. The number of carbonyl (C=O) groups is 1. The second-order valence-corrected chi connectivity index (χ2v) is 9.48. The van der Waals surface area contributed by atoms with E-state index in [0.29, 0.717) is 31.6 Å². The second kappa shape index (κ2) is 6.08. The van der Waals surface area contributed by atoms with Crippen molar-refractivity contribution in [1.29, 1.82) is 0 Å². The van der Waals surface area contributed by atoms with Crippen LogP contribution in [0.4, 0.5) is 8.78 Å². The van der Waals surface area contributed by atoms with Crippen LogP contribution in [0.3, 0.4) is 0 Å². The molecule has 4 aliphatic carbocycles. The van der Waals surface area contributed by atoms with Gasteiger partial charge in [0.15, 0.2) is 6.29 Å². The van der Waals surface area contributed by atoms with Gasteiger partial charge in [-0.25, -0.2) is 4.79 Å². The zero-order chi connectivity index (χ0) is 19.5. The first-order valence-electron chi connectivity index (χ1n) is 8.62. The van der Waals surface area contributed by atoms with Gasteiger partial charge in [0.25, 0.3) is 0 Å². The average Bonchev–Trinajstić information content (AvgIpc) is 2.50. The van der Waals surface area contributed by atoms with E-state index < -0.39 is 38.8 Å². The van der Waals surface area contributed by atoms with Crippen LogP contribution >= 0.6 is 0 Å². The molecule has 150 valence electrons. The highest BCUT2D eigenvalue weighted by atomic mass is 32.2. The third-order valence-corrected chi connectivity index (χ3v) is 7.19. The first-order chi connectivity index (χ1) is 11.8. The summed E-state index contributed by atoms with van der Waals surface area (Å²) in [7, 11) is -4.35.